The Hall–Kier alpha value is -3.96. The first kappa shape index (κ1) is 21.6. The Morgan fingerprint density at radius 2 is 1.66 bits per heavy atom. The predicted octanol–water partition coefficient (Wildman–Crippen LogP) is 6.44. The molecule has 35 heavy (non-hydrogen) atoms. The van der Waals surface area contributed by atoms with Crippen LogP contribution in [0.4, 0.5) is 0 Å². The molecule has 0 saturated carbocycles. The third-order valence-electron chi connectivity index (χ3n) is 7.19. The van der Waals surface area contributed by atoms with E-state index in [0.29, 0.717) is 17.5 Å². The molecule has 5 nitrogen and oxygen atoms in total. The number of carboxylic acid groups (broad SMARTS) is 1. The SMILES string of the molecule is CCN1C/C(=C/c2ccc3c(c2)c2ccccc2n3CC)c2nc3ccccc3c(C(=O)O)c2C1. The number of para-hydroxylation sites is 2. The second-order valence-electron chi connectivity index (χ2n) is 9.15. The normalized spacial score (nSPS) is 15.3. The van der Waals surface area contributed by atoms with Crippen LogP contribution in [0.1, 0.15) is 41.0 Å². The summed E-state index contributed by atoms with van der Waals surface area (Å²) in [4.78, 5) is 19.6. The molecule has 5 aromatic rings. The van der Waals surface area contributed by atoms with Gasteiger partial charge in [0.2, 0.25) is 0 Å². The highest BCUT2D eigenvalue weighted by Crippen LogP contribution is 2.35. The van der Waals surface area contributed by atoms with Gasteiger partial charge in [0.1, 0.15) is 0 Å². The molecule has 0 bridgehead atoms. The van der Waals surface area contributed by atoms with Crippen molar-refractivity contribution in [1.82, 2.24) is 14.5 Å². The van der Waals surface area contributed by atoms with Gasteiger partial charge in [-0.2, -0.15) is 0 Å². The molecular formula is C30H27N3O2. The maximum Gasteiger partial charge on any atom is 0.336 e. The molecule has 0 atom stereocenters. The summed E-state index contributed by atoms with van der Waals surface area (Å²) in [5, 5.41) is 13.3. The molecule has 2 aromatic heterocycles. The summed E-state index contributed by atoms with van der Waals surface area (Å²) < 4.78 is 2.35. The van der Waals surface area contributed by atoms with E-state index in [9.17, 15) is 9.90 Å². The molecule has 174 valence electrons. The second-order valence-corrected chi connectivity index (χ2v) is 9.15. The summed E-state index contributed by atoms with van der Waals surface area (Å²) in [6.45, 7) is 7.37. The average molecular weight is 462 g/mol. The van der Waals surface area contributed by atoms with Crippen LogP contribution >= 0.6 is 0 Å². The Labute approximate surface area is 203 Å². The van der Waals surface area contributed by atoms with Crippen molar-refractivity contribution in [2.75, 3.05) is 13.1 Å². The topological polar surface area (TPSA) is 58.4 Å². The Kier molecular flexibility index (Phi) is 5.15. The summed E-state index contributed by atoms with van der Waals surface area (Å²) in [6, 6.07) is 22.7. The second kappa shape index (κ2) is 8.36. The minimum Gasteiger partial charge on any atom is -0.478 e. The van der Waals surface area contributed by atoms with E-state index in [-0.39, 0.29) is 0 Å². The van der Waals surface area contributed by atoms with Gasteiger partial charge in [0.05, 0.1) is 16.8 Å². The average Bonchev–Trinajstić information content (AvgIpc) is 3.20. The summed E-state index contributed by atoms with van der Waals surface area (Å²) in [5.41, 5.74) is 7.34. The third-order valence-corrected chi connectivity index (χ3v) is 7.19. The number of nitrogens with zero attached hydrogens (tertiary/aromatic N) is 3. The molecule has 0 spiro atoms. The smallest absolute Gasteiger partial charge is 0.336 e. The molecule has 0 aliphatic carbocycles. The van der Waals surface area contributed by atoms with E-state index in [1.807, 2.05) is 24.3 Å². The maximum atomic E-state index is 12.4. The Morgan fingerprint density at radius 3 is 2.43 bits per heavy atom. The molecule has 3 aromatic carbocycles. The van der Waals surface area contributed by atoms with E-state index in [2.05, 4.69) is 71.9 Å². The fraction of sp³-hybridized carbons (Fsp3) is 0.200. The van der Waals surface area contributed by atoms with Gasteiger partial charge < -0.3 is 9.67 Å². The largest absolute Gasteiger partial charge is 0.478 e. The van der Waals surface area contributed by atoms with Gasteiger partial charge in [-0.05, 0) is 54.9 Å². The van der Waals surface area contributed by atoms with Crippen LogP contribution in [0.15, 0.2) is 66.7 Å². The Bertz CT molecular complexity index is 1660. The van der Waals surface area contributed by atoms with Crippen molar-refractivity contribution in [3.63, 3.8) is 0 Å². The van der Waals surface area contributed by atoms with E-state index in [1.54, 1.807) is 0 Å². The van der Waals surface area contributed by atoms with Gasteiger partial charge in [-0.25, -0.2) is 9.78 Å². The van der Waals surface area contributed by atoms with Crippen LogP contribution < -0.4 is 0 Å². The number of hydrogen-bond donors (Lipinski definition) is 1. The number of hydrogen-bond acceptors (Lipinski definition) is 3. The Balaban J connectivity index is 1.58. The summed E-state index contributed by atoms with van der Waals surface area (Å²) in [5.74, 6) is -0.897. The zero-order valence-electron chi connectivity index (χ0n) is 20.0. The van der Waals surface area contributed by atoms with Crippen LogP contribution in [0.25, 0.3) is 44.4 Å². The fourth-order valence-corrected chi connectivity index (χ4v) is 5.55. The van der Waals surface area contributed by atoms with Gasteiger partial charge in [0.25, 0.3) is 0 Å². The zero-order valence-corrected chi connectivity index (χ0v) is 20.0. The molecule has 1 aliphatic heterocycles. The van der Waals surface area contributed by atoms with E-state index in [0.717, 1.165) is 47.5 Å². The first-order chi connectivity index (χ1) is 17.1. The number of aromatic carboxylic acids is 1. The van der Waals surface area contributed by atoms with Gasteiger partial charge in [-0.3, -0.25) is 4.90 Å². The molecule has 6 rings (SSSR count). The Morgan fingerprint density at radius 1 is 0.914 bits per heavy atom. The summed E-state index contributed by atoms with van der Waals surface area (Å²) >= 11 is 0. The molecule has 3 heterocycles. The van der Waals surface area contributed by atoms with Crippen LogP contribution in [-0.4, -0.2) is 38.6 Å². The van der Waals surface area contributed by atoms with Crippen molar-refractivity contribution in [2.45, 2.75) is 26.9 Å². The number of pyridine rings is 1. The van der Waals surface area contributed by atoms with Crippen LogP contribution in [0.3, 0.4) is 0 Å². The van der Waals surface area contributed by atoms with Crippen molar-refractivity contribution in [1.29, 1.82) is 0 Å². The van der Waals surface area contributed by atoms with Gasteiger partial charge in [0.15, 0.2) is 0 Å². The van der Waals surface area contributed by atoms with E-state index in [1.165, 1.54) is 21.8 Å². The summed E-state index contributed by atoms with van der Waals surface area (Å²) in [7, 11) is 0. The quantitative estimate of drug-likeness (QED) is 0.335. The first-order valence-corrected chi connectivity index (χ1v) is 12.2. The molecule has 1 aliphatic rings. The lowest BCUT2D eigenvalue weighted by Gasteiger charge is -2.30. The number of carbonyl (C=O) groups is 1. The third kappa shape index (κ3) is 3.43. The lowest BCUT2D eigenvalue weighted by Crippen LogP contribution is -2.31. The van der Waals surface area contributed by atoms with Crippen molar-refractivity contribution in [3.8, 4) is 0 Å². The standard InChI is InChI=1S/C30H27N3O2/c1-3-32-17-20(29-24(18-32)28(30(34)35)22-10-5-7-11-25(22)31-29)15-19-13-14-27-23(16-19)21-9-6-8-12-26(21)33(27)4-2/h5-16H,3-4,17-18H2,1-2H3,(H,34,35)/b20-15-. The molecule has 0 fully saturated rings. The van der Waals surface area contributed by atoms with E-state index < -0.39 is 5.97 Å². The van der Waals surface area contributed by atoms with Gasteiger partial charge >= 0.3 is 5.97 Å². The van der Waals surface area contributed by atoms with Crippen molar-refractivity contribution < 1.29 is 9.90 Å². The number of benzene rings is 3. The van der Waals surface area contributed by atoms with Gasteiger partial charge in [0, 0.05) is 52.4 Å². The minimum atomic E-state index is -0.897. The highest BCUT2D eigenvalue weighted by molar-refractivity contribution is 6.09. The highest BCUT2D eigenvalue weighted by Gasteiger charge is 2.28. The van der Waals surface area contributed by atoms with Gasteiger partial charge in [-0.1, -0.05) is 49.4 Å². The molecule has 0 radical (unpaired) electrons. The highest BCUT2D eigenvalue weighted by atomic mass is 16.4. The predicted molar refractivity (Wildman–Crippen MR) is 143 cm³/mol. The summed E-state index contributed by atoms with van der Waals surface area (Å²) in [6.07, 6.45) is 2.19. The number of fused-ring (bicyclic) bond motifs is 5. The molecule has 0 amide bonds. The lowest BCUT2D eigenvalue weighted by atomic mass is 9.92. The van der Waals surface area contributed by atoms with Gasteiger partial charge in [-0.15, -0.1) is 0 Å². The van der Waals surface area contributed by atoms with Crippen LogP contribution in [0.2, 0.25) is 0 Å². The van der Waals surface area contributed by atoms with Crippen LogP contribution in [0.5, 0.6) is 0 Å². The molecule has 0 saturated heterocycles. The molecular weight excluding hydrogens is 434 g/mol. The fourth-order valence-electron chi connectivity index (χ4n) is 5.55. The number of aromatic nitrogens is 2. The number of rotatable bonds is 4. The molecule has 1 N–H and O–H groups in total. The van der Waals surface area contributed by atoms with E-state index >= 15 is 0 Å². The van der Waals surface area contributed by atoms with Crippen molar-refractivity contribution >= 4 is 50.3 Å². The number of likely N-dealkylation sites (N-methyl/N-ethyl adjacent to an activating group) is 1. The lowest BCUT2D eigenvalue weighted by molar-refractivity contribution is 0.0696. The molecule has 5 heteroatoms. The minimum absolute atomic E-state index is 0.371. The first-order valence-electron chi connectivity index (χ1n) is 12.2. The van der Waals surface area contributed by atoms with Crippen molar-refractivity contribution in [3.05, 3.63) is 89.1 Å². The van der Waals surface area contributed by atoms with Crippen LogP contribution in [-0.2, 0) is 13.1 Å². The monoisotopic (exact) mass is 461 g/mol. The van der Waals surface area contributed by atoms with Crippen LogP contribution in [0, 0.1) is 0 Å². The molecule has 0 unspecified atom stereocenters. The number of aryl methyl sites for hydroxylation is 1. The zero-order chi connectivity index (χ0) is 24.1. The number of carboxylic acids is 1. The van der Waals surface area contributed by atoms with E-state index in [4.69, 9.17) is 4.98 Å². The maximum absolute atomic E-state index is 12.4. The van der Waals surface area contributed by atoms with Crippen molar-refractivity contribution in [2.24, 2.45) is 0 Å².